The Kier molecular flexibility index (Phi) is 4.40. The average Bonchev–Trinajstić information content (AvgIpc) is 2.56. The van der Waals surface area contributed by atoms with Crippen LogP contribution in [0.25, 0.3) is 0 Å². The van der Waals surface area contributed by atoms with E-state index < -0.39 is 9.84 Å². The van der Waals surface area contributed by atoms with E-state index in [1.165, 1.54) is 12.1 Å². The van der Waals surface area contributed by atoms with Crippen LogP contribution in [0.5, 0.6) is 0 Å². The molecular weight excluding hydrogens is 346 g/mol. The van der Waals surface area contributed by atoms with E-state index in [4.69, 9.17) is 11.6 Å². The van der Waals surface area contributed by atoms with Crippen molar-refractivity contribution in [3.8, 4) is 0 Å². The maximum atomic E-state index is 12.9. The van der Waals surface area contributed by atoms with E-state index in [1.54, 1.807) is 17.0 Å². The van der Waals surface area contributed by atoms with Gasteiger partial charge in [-0.15, -0.1) is 0 Å². The molecule has 1 heterocycles. The minimum Gasteiger partial charge on any atom is -0.307 e. The van der Waals surface area contributed by atoms with Crippen molar-refractivity contribution in [2.45, 2.75) is 24.7 Å². The molecule has 1 aliphatic heterocycles. The second-order valence-corrected chi connectivity index (χ2v) is 8.47. The highest BCUT2D eigenvalue weighted by molar-refractivity contribution is 7.90. The van der Waals surface area contributed by atoms with Crippen LogP contribution in [0.2, 0.25) is 5.02 Å². The highest BCUT2D eigenvalue weighted by Gasteiger charge is 2.27. The lowest BCUT2D eigenvalue weighted by Crippen LogP contribution is -2.36. The van der Waals surface area contributed by atoms with Crippen molar-refractivity contribution < 1.29 is 13.2 Å². The molecule has 0 saturated carbocycles. The molecule has 126 valence electrons. The fraction of sp³-hybridized carbons (Fsp3) is 0.278. The SMILES string of the molecule is Cc1ccc(Cl)c2c1CCCN2C(=O)c1ccc(S(C)(=O)=O)cc1. The number of carbonyl (C=O) groups excluding carboxylic acids is 1. The average molecular weight is 364 g/mol. The van der Waals surface area contributed by atoms with Crippen molar-refractivity contribution in [2.75, 3.05) is 17.7 Å². The van der Waals surface area contributed by atoms with Crippen LogP contribution < -0.4 is 4.90 Å². The molecule has 24 heavy (non-hydrogen) atoms. The zero-order valence-electron chi connectivity index (χ0n) is 13.5. The first-order valence-electron chi connectivity index (χ1n) is 7.69. The lowest BCUT2D eigenvalue weighted by Gasteiger charge is -2.31. The maximum Gasteiger partial charge on any atom is 0.258 e. The smallest absolute Gasteiger partial charge is 0.258 e. The summed E-state index contributed by atoms with van der Waals surface area (Å²) in [4.78, 5) is 14.8. The van der Waals surface area contributed by atoms with Gasteiger partial charge in [-0.1, -0.05) is 17.7 Å². The van der Waals surface area contributed by atoms with Gasteiger partial charge in [0.25, 0.3) is 5.91 Å². The monoisotopic (exact) mass is 363 g/mol. The van der Waals surface area contributed by atoms with Gasteiger partial charge in [0.15, 0.2) is 9.84 Å². The van der Waals surface area contributed by atoms with E-state index in [9.17, 15) is 13.2 Å². The molecule has 4 nitrogen and oxygen atoms in total. The number of hydrogen-bond acceptors (Lipinski definition) is 3. The van der Waals surface area contributed by atoms with Gasteiger partial charge in [0, 0.05) is 18.4 Å². The Morgan fingerprint density at radius 3 is 2.42 bits per heavy atom. The molecule has 0 bridgehead atoms. The summed E-state index contributed by atoms with van der Waals surface area (Å²) in [5.74, 6) is -0.163. The third-order valence-corrected chi connectivity index (χ3v) is 5.75. The molecule has 6 heteroatoms. The summed E-state index contributed by atoms with van der Waals surface area (Å²) < 4.78 is 23.1. The molecule has 0 spiro atoms. The molecule has 0 N–H and O–H groups in total. The molecule has 0 atom stereocenters. The summed E-state index contributed by atoms with van der Waals surface area (Å²) in [6.07, 6.45) is 2.92. The molecule has 0 saturated heterocycles. The largest absolute Gasteiger partial charge is 0.307 e. The second kappa shape index (κ2) is 6.22. The maximum absolute atomic E-state index is 12.9. The lowest BCUT2D eigenvalue weighted by atomic mass is 9.96. The number of halogens is 1. The predicted molar refractivity (Wildman–Crippen MR) is 95.7 cm³/mol. The quantitative estimate of drug-likeness (QED) is 0.818. The van der Waals surface area contributed by atoms with Crippen LogP contribution in [0.4, 0.5) is 5.69 Å². The molecular formula is C18H18ClNO3S. The number of carbonyl (C=O) groups is 1. The fourth-order valence-electron chi connectivity index (χ4n) is 3.05. The summed E-state index contributed by atoms with van der Waals surface area (Å²) in [6.45, 7) is 2.62. The zero-order valence-corrected chi connectivity index (χ0v) is 15.1. The molecule has 0 unspecified atom stereocenters. The molecule has 1 aliphatic rings. The number of fused-ring (bicyclic) bond motifs is 1. The summed E-state index contributed by atoms with van der Waals surface area (Å²) >= 11 is 6.35. The zero-order chi connectivity index (χ0) is 17.5. The highest BCUT2D eigenvalue weighted by Crippen LogP contribution is 2.37. The number of nitrogens with zero attached hydrogens (tertiary/aromatic N) is 1. The molecule has 2 aromatic rings. The minimum absolute atomic E-state index is 0.163. The van der Waals surface area contributed by atoms with Gasteiger partial charge in [-0.05, 0) is 61.2 Å². The van der Waals surface area contributed by atoms with Crippen molar-refractivity contribution in [1.82, 2.24) is 0 Å². The van der Waals surface area contributed by atoms with E-state index in [0.29, 0.717) is 17.1 Å². The minimum atomic E-state index is -3.28. The van der Waals surface area contributed by atoms with Crippen LogP contribution in [0.3, 0.4) is 0 Å². The summed E-state index contributed by atoms with van der Waals surface area (Å²) in [7, 11) is -3.28. The van der Waals surface area contributed by atoms with Gasteiger partial charge in [-0.2, -0.15) is 0 Å². The molecule has 0 aliphatic carbocycles. The molecule has 1 amide bonds. The molecule has 0 radical (unpaired) electrons. The number of rotatable bonds is 2. The van der Waals surface area contributed by atoms with Gasteiger partial charge in [0.2, 0.25) is 0 Å². The number of aryl methyl sites for hydroxylation is 1. The van der Waals surface area contributed by atoms with Crippen LogP contribution >= 0.6 is 11.6 Å². The lowest BCUT2D eigenvalue weighted by molar-refractivity contribution is 0.0985. The standard InChI is InChI=1S/C18H18ClNO3S/c1-12-5-10-16(19)17-15(12)4-3-11-20(17)18(21)13-6-8-14(9-7-13)24(2,22)23/h5-10H,3-4,11H2,1-2H3. The van der Waals surface area contributed by atoms with E-state index in [-0.39, 0.29) is 10.8 Å². The van der Waals surface area contributed by atoms with Gasteiger partial charge in [-0.3, -0.25) is 4.79 Å². The summed E-state index contributed by atoms with van der Waals surface area (Å²) in [5.41, 5.74) is 3.46. The summed E-state index contributed by atoms with van der Waals surface area (Å²) in [5, 5.41) is 0.566. The molecule has 0 fully saturated rings. The Labute approximate surface area is 147 Å². The van der Waals surface area contributed by atoms with Crippen LogP contribution in [-0.4, -0.2) is 27.1 Å². The Morgan fingerprint density at radius 2 is 1.79 bits per heavy atom. The molecule has 0 aromatic heterocycles. The number of sulfone groups is 1. The van der Waals surface area contributed by atoms with Gasteiger partial charge in [-0.25, -0.2) is 8.42 Å². The number of anilines is 1. The first-order chi connectivity index (χ1) is 11.3. The normalized spacial score (nSPS) is 14.4. The van der Waals surface area contributed by atoms with Crippen molar-refractivity contribution in [2.24, 2.45) is 0 Å². The topological polar surface area (TPSA) is 54.5 Å². The number of amides is 1. The first-order valence-corrected chi connectivity index (χ1v) is 9.96. The molecule has 3 rings (SSSR count). The Bertz CT molecular complexity index is 905. The predicted octanol–water partition coefficient (Wildman–Crippen LogP) is 3.64. The van der Waals surface area contributed by atoms with Crippen molar-refractivity contribution in [1.29, 1.82) is 0 Å². The van der Waals surface area contributed by atoms with Crippen LogP contribution in [0.15, 0.2) is 41.3 Å². The highest BCUT2D eigenvalue weighted by atomic mass is 35.5. The first kappa shape index (κ1) is 17.0. The Hall–Kier alpha value is -1.85. The van der Waals surface area contributed by atoms with Gasteiger partial charge in [0.1, 0.15) is 0 Å². The van der Waals surface area contributed by atoms with Crippen LogP contribution in [-0.2, 0) is 16.3 Å². The third-order valence-electron chi connectivity index (χ3n) is 4.32. The van der Waals surface area contributed by atoms with Gasteiger partial charge < -0.3 is 4.90 Å². The molecule has 2 aromatic carbocycles. The summed E-state index contributed by atoms with van der Waals surface area (Å²) in [6, 6.07) is 9.81. The second-order valence-electron chi connectivity index (χ2n) is 6.05. The van der Waals surface area contributed by atoms with Crippen molar-refractivity contribution >= 4 is 33.0 Å². The number of benzene rings is 2. The van der Waals surface area contributed by atoms with Gasteiger partial charge in [0.05, 0.1) is 15.6 Å². The van der Waals surface area contributed by atoms with Crippen LogP contribution in [0, 0.1) is 6.92 Å². The Morgan fingerprint density at radius 1 is 1.12 bits per heavy atom. The van der Waals surface area contributed by atoms with E-state index >= 15 is 0 Å². The van der Waals surface area contributed by atoms with Crippen LogP contribution in [0.1, 0.15) is 27.9 Å². The number of hydrogen-bond donors (Lipinski definition) is 0. The fourth-order valence-corrected chi connectivity index (χ4v) is 3.95. The van der Waals surface area contributed by atoms with Crippen molar-refractivity contribution in [3.05, 3.63) is 58.1 Å². The van der Waals surface area contributed by atoms with E-state index in [1.807, 2.05) is 19.1 Å². The van der Waals surface area contributed by atoms with Crippen molar-refractivity contribution in [3.63, 3.8) is 0 Å². The van der Waals surface area contributed by atoms with Gasteiger partial charge >= 0.3 is 0 Å². The Balaban J connectivity index is 2.00. The third kappa shape index (κ3) is 3.06. The van der Waals surface area contributed by atoms with E-state index in [2.05, 4.69) is 0 Å². The van der Waals surface area contributed by atoms with E-state index in [0.717, 1.165) is 35.9 Å².